The zero-order valence-corrected chi connectivity index (χ0v) is 8.41. The van der Waals surface area contributed by atoms with Crippen molar-refractivity contribution in [3.05, 3.63) is 24.2 Å². The first-order valence-corrected chi connectivity index (χ1v) is 5.57. The molecule has 2 nitrogen and oxygen atoms in total. The molecule has 0 aliphatic heterocycles. The topological polar surface area (TPSA) is 39.2 Å². The van der Waals surface area contributed by atoms with E-state index in [0.29, 0.717) is 0 Å². The molecule has 1 heterocycles. The van der Waals surface area contributed by atoms with Gasteiger partial charge in [-0.2, -0.15) is 0 Å². The first kappa shape index (κ1) is 8.54. The second-order valence-electron chi connectivity index (χ2n) is 5.07. The molecule has 76 valence electrons. The normalized spacial score (nSPS) is 40.6. The summed E-state index contributed by atoms with van der Waals surface area (Å²) in [6.07, 6.45) is 7.98. The van der Waals surface area contributed by atoms with Crippen molar-refractivity contribution in [3.8, 4) is 0 Å². The fourth-order valence-corrected chi connectivity index (χ4v) is 3.44. The lowest BCUT2D eigenvalue weighted by Crippen LogP contribution is -2.46. The molecule has 2 aliphatic carbocycles. The van der Waals surface area contributed by atoms with Crippen LogP contribution < -0.4 is 5.73 Å². The minimum Gasteiger partial charge on any atom is -0.469 e. The molecule has 0 amide bonds. The summed E-state index contributed by atoms with van der Waals surface area (Å²) < 4.78 is 5.39. The molecule has 0 radical (unpaired) electrons. The van der Waals surface area contributed by atoms with Gasteiger partial charge in [0.2, 0.25) is 0 Å². The maximum absolute atomic E-state index is 6.48. The molecule has 2 aliphatic rings. The van der Waals surface area contributed by atoms with Crippen LogP contribution in [0.5, 0.6) is 0 Å². The Hall–Kier alpha value is -0.760. The third kappa shape index (κ3) is 1.21. The van der Waals surface area contributed by atoms with E-state index in [1.54, 1.807) is 6.26 Å². The van der Waals surface area contributed by atoms with Gasteiger partial charge in [-0.05, 0) is 43.2 Å². The van der Waals surface area contributed by atoms with Gasteiger partial charge in [0, 0.05) is 12.0 Å². The standard InChI is InChI=1S/C12H17NO/c13-12(8-11-2-1-5-14-11)7-9-3-4-10(12)6-9/h1-2,5,9-10H,3-4,6-8,13H2. The van der Waals surface area contributed by atoms with Crippen LogP contribution in [0.2, 0.25) is 0 Å². The highest BCUT2D eigenvalue weighted by Crippen LogP contribution is 2.50. The maximum Gasteiger partial charge on any atom is 0.105 e. The second-order valence-corrected chi connectivity index (χ2v) is 5.07. The predicted octanol–water partition coefficient (Wildman–Crippen LogP) is 2.34. The molecular weight excluding hydrogens is 174 g/mol. The zero-order valence-electron chi connectivity index (χ0n) is 8.41. The highest BCUT2D eigenvalue weighted by molar-refractivity contribution is 5.11. The summed E-state index contributed by atoms with van der Waals surface area (Å²) in [5, 5.41) is 0. The molecule has 2 bridgehead atoms. The van der Waals surface area contributed by atoms with E-state index in [-0.39, 0.29) is 5.54 Å². The zero-order chi connectivity index (χ0) is 9.60. The summed E-state index contributed by atoms with van der Waals surface area (Å²) in [6, 6.07) is 3.99. The van der Waals surface area contributed by atoms with Gasteiger partial charge in [0.15, 0.2) is 0 Å². The van der Waals surface area contributed by atoms with E-state index < -0.39 is 0 Å². The van der Waals surface area contributed by atoms with Crippen molar-refractivity contribution in [3.63, 3.8) is 0 Å². The summed E-state index contributed by atoms with van der Waals surface area (Å²) in [6.45, 7) is 0. The van der Waals surface area contributed by atoms with Gasteiger partial charge >= 0.3 is 0 Å². The largest absolute Gasteiger partial charge is 0.469 e. The first-order chi connectivity index (χ1) is 6.76. The summed E-state index contributed by atoms with van der Waals surface area (Å²) in [5.74, 6) is 2.71. The van der Waals surface area contributed by atoms with Gasteiger partial charge in [-0.25, -0.2) is 0 Å². The molecule has 3 rings (SSSR count). The molecule has 0 spiro atoms. The van der Waals surface area contributed by atoms with E-state index in [0.717, 1.165) is 24.0 Å². The Kier molecular flexibility index (Phi) is 1.75. The Balaban J connectivity index is 1.78. The Morgan fingerprint density at radius 1 is 1.50 bits per heavy atom. The van der Waals surface area contributed by atoms with Crippen LogP contribution in [0.4, 0.5) is 0 Å². The van der Waals surface area contributed by atoms with Crippen molar-refractivity contribution in [1.29, 1.82) is 0 Å². The fourth-order valence-electron chi connectivity index (χ4n) is 3.44. The Labute approximate surface area is 84.5 Å². The molecule has 2 fully saturated rings. The molecule has 3 unspecified atom stereocenters. The highest BCUT2D eigenvalue weighted by atomic mass is 16.3. The van der Waals surface area contributed by atoms with E-state index in [4.69, 9.17) is 10.2 Å². The molecule has 0 saturated heterocycles. The van der Waals surface area contributed by atoms with E-state index >= 15 is 0 Å². The van der Waals surface area contributed by atoms with Gasteiger partial charge in [0.05, 0.1) is 6.26 Å². The number of rotatable bonds is 2. The number of furan rings is 1. The summed E-state index contributed by atoms with van der Waals surface area (Å²) >= 11 is 0. The van der Waals surface area contributed by atoms with Crippen LogP contribution in [0.25, 0.3) is 0 Å². The van der Waals surface area contributed by atoms with Crippen LogP contribution in [0.1, 0.15) is 31.4 Å². The van der Waals surface area contributed by atoms with Gasteiger partial charge in [-0.1, -0.05) is 6.42 Å². The predicted molar refractivity (Wildman–Crippen MR) is 54.8 cm³/mol. The quantitative estimate of drug-likeness (QED) is 0.779. The SMILES string of the molecule is NC1(Cc2ccco2)CC2CCC1C2. The van der Waals surface area contributed by atoms with Crippen LogP contribution in [-0.4, -0.2) is 5.54 Å². The molecule has 14 heavy (non-hydrogen) atoms. The second kappa shape index (κ2) is 2.86. The molecule has 1 aromatic heterocycles. The van der Waals surface area contributed by atoms with Crippen molar-refractivity contribution in [2.24, 2.45) is 17.6 Å². The van der Waals surface area contributed by atoms with Crippen molar-refractivity contribution in [1.82, 2.24) is 0 Å². The Bertz CT molecular complexity index is 319. The molecule has 2 heteroatoms. The lowest BCUT2D eigenvalue weighted by atomic mass is 9.79. The van der Waals surface area contributed by atoms with Crippen LogP contribution in [0.15, 0.2) is 22.8 Å². The monoisotopic (exact) mass is 191 g/mol. The van der Waals surface area contributed by atoms with E-state index in [9.17, 15) is 0 Å². The molecular formula is C12H17NO. The molecule has 3 atom stereocenters. The molecule has 0 aromatic carbocycles. The smallest absolute Gasteiger partial charge is 0.105 e. The Morgan fingerprint density at radius 2 is 2.43 bits per heavy atom. The van der Waals surface area contributed by atoms with Crippen LogP contribution in [-0.2, 0) is 6.42 Å². The number of hydrogen-bond acceptors (Lipinski definition) is 2. The molecule has 2 saturated carbocycles. The van der Waals surface area contributed by atoms with E-state index in [1.807, 2.05) is 12.1 Å². The third-order valence-corrected chi connectivity index (χ3v) is 4.11. The summed E-state index contributed by atoms with van der Waals surface area (Å²) in [5.41, 5.74) is 6.52. The Morgan fingerprint density at radius 3 is 3.00 bits per heavy atom. The molecule has 2 N–H and O–H groups in total. The van der Waals surface area contributed by atoms with Gasteiger partial charge in [-0.15, -0.1) is 0 Å². The minimum atomic E-state index is 0.0424. The van der Waals surface area contributed by atoms with Gasteiger partial charge in [0.1, 0.15) is 5.76 Å². The van der Waals surface area contributed by atoms with Gasteiger partial charge in [0.25, 0.3) is 0 Å². The van der Waals surface area contributed by atoms with Gasteiger partial charge in [-0.3, -0.25) is 0 Å². The highest BCUT2D eigenvalue weighted by Gasteiger charge is 2.48. The van der Waals surface area contributed by atoms with Gasteiger partial charge < -0.3 is 10.2 Å². The van der Waals surface area contributed by atoms with Crippen LogP contribution >= 0.6 is 0 Å². The summed E-state index contributed by atoms with van der Waals surface area (Å²) in [7, 11) is 0. The molecule has 1 aromatic rings. The van der Waals surface area contributed by atoms with Crippen LogP contribution in [0.3, 0.4) is 0 Å². The average molecular weight is 191 g/mol. The van der Waals surface area contributed by atoms with Crippen LogP contribution in [0, 0.1) is 11.8 Å². The van der Waals surface area contributed by atoms with Crippen molar-refractivity contribution < 1.29 is 4.42 Å². The number of fused-ring (bicyclic) bond motifs is 2. The van der Waals surface area contributed by atoms with E-state index in [1.165, 1.54) is 25.7 Å². The minimum absolute atomic E-state index is 0.0424. The third-order valence-electron chi connectivity index (χ3n) is 4.11. The average Bonchev–Trinajstić information content (AvgIpc) is 2.78. The number of hydrogen-bond donors (Lipinski definition) is 1. The lowest BCUT2D eigenvalue weighted by molar-refractivity contribution is 0.255. The summed E-state index contributed by atoms with van der Waals surface area (Å²) in [4.78, 5) is 0. The van der Waals surface area contributed by atoms with E-state index in [2.05, 4.69) is 0 Å². The van der Waals surface area contributed by atoms with Crippen molar-refractivity contribution in [2.75, 3.05) is 0 Å². The number of nitrogens with two attached hydrogens (primary N) is 1. The fraction of sp³-hybridized carbons (Fsp3) is 0.667. The first-order valence-electron chi connectivity index (χ1n) is 5.57. The lowest BCUT2D eigenvalue weighted by Gasteiger charge is -2.33. The van der Waals surface area contributed by atoms with Crippen molar-refractivity contribution in [2.45, 2.75) is 37.6 Å². The van der Waals surface area contributed by atoms with Crippen molar-refractivity contribution >= 4 is 0 Å². The maximum atomic E-state index is 6.48.